The van der Waals surface area contributed by atoms with Gasteiger partial charge in [-0.25, -0.2) is 0 Å². The van der Waals surface area contributed by atoms with Crippen molar-refractivity contribution in [2.75, 3.05) is 4.90 Å². The molecule has 1 atom stereocenters. The zero-order valence-corrected chi connectivity index (χ0v) is 59.7. The topological polar surface area (TPSA) is 3.24 Å². The highest BCUT2D eigenvalue weighted by Crippen LogP contribution is 2.63. The number of anilines is 3. The Hall–Kier alpha value is -5.01. The van der Waals surface area contributed by atoms with Gasteiger partial charge in [0.05, 0.1) is 5.41 Å². The molecule has 0 heterocycles. The minimum atomic E-state index is -0.646. The van der Waals surface area contributed by atoms with Crippen molar-refractivity contribution in [1.82, 2.24) is 0 Å². The van der Waals surface area contributed by atoms with Gasteiger partial charge in [-0.1, -0.05) is 141 Å². The van der Waals surface area contributed by atoms with Crippen molar-refractivity contribution in [3.63, 3.8) is 0 Å². The fourth-order valence-electron chi connectivity index (χ4n) is 18.5. The van der Waals surface area contributed by atoms with Crippen molar-refractivity contribution < 1.29 is 0 Å². The maximum atomic E-state index is 2.88. The highest BCUT2D eigenvalue weighted by atomic mass is 15.2. The largest absolute Gasteiger partial charge is 0.312 e. The van der Waals surface area contributed by atoms with Crippen LogP contribution in [0.3, 0.4) is 0 Å². The van der Waals surface area contributed by atoms with E-state index in [0.29, 0.717) is 0 Å². The summed E-state index contributed by atoms with van der Waals surface area (Å²) in [6, 6.07) is 8.00. The van der Waals surface area contributed by atoms with Crippen LogP contribution in [-0.4, -0.2) is 235 Å². The fourth-order valence-corrected chi connectivity index (χ4v) is 18.5. The number of benzene rings is 9. The Bertz CT molecular complexity index is 4800. The Balaban J connectivity index is 1.36. The first-order chi connectivity index (χ1) is 40.5. The Morgan fingerprint density at radius 1 is 0.241 bits per heavy atom. The Labute approximate surface area is 548 Å². The number of nitrogens with zero attached hydrogens (tertiary/aromatic N) is 1. The predicted molar refractivity (Wildman–Crippen MR) is 483 cm³/mol. The lowest BCUT2D eigenvalue weighted by Gasteiger charge is -2.40. The van der Waals surface area contributed by atoms with E-state index in [0.717, 1.165) is 0 Å². The smallest absolute Gasteiger partial charge is 0.141 e. The van der Waals surface area contributed by atoms with E-state index in [1.807, 2.05) is 0 Å². The lowest BCUT2D eigenvalue weighted by Crippen LogP contribution is -2.57. The van der Waals surface area contributed by atoms with Gasteiger partial charge in [0.2, 0.25) is 0 Å². The van der Waals surface area contributed by atoms with E-state index in [1.165, 1.54) is 270 Å². The highest BCUT2D eigenvalue weighted by molar-refractivity contribution is 6.75. The molecule has 31 heteroatoms. The van der Waals surface area contributed by atoms with Gasteiger partial charge in [-0.15, -0.1) is 49.2 Å². The van der Waals surface area contributed by atoms with Crippen LogP contribution in [0, 0.1) is 0 Å². The summed E-state index contributed by atoms with van der Waals surface area (Å²) in [4.78, 5) is 2.88. The molecule has 0 N–H and O–H groups in total. The Morgan fingerprint density at radius 2 is 0.563 bits per heavy atom. The van der Waals surface area contributed by atoms with Gasteiger partial charge in [-0.05, 0) is 89.2 Å². The van der Waals surface area contributed by atoms with E-state index < -0.39 is 5.41 Å². The van der Waals surface area contributed by atoms with E-state index in [4.69, 9.17) is 0 Å². The van der Waals surface area contributed by atoms with Crippen LogP contribution < -0.4 is 169 Å². The molecule has 0 amide bonds. The van der Waals surface area contributed by atoms with Crippen molar-refractivity contribution >= 4 is 427 Å². The summed E-state index contributed by atoms with van der Waals surface area (Å²) in [5.74, 6) is 0. The summed E-state index contributed by atoms with van der Waals surface area (Å²) in [7, 11) is 72.4. The minimum absolute atomic E-state index is 0.246. The average Bonchev–Trinajstić information content (AvgIpc) is 1.49. The number of hydrogen-bond acceptors (Lipinski definition) is 1. The second-order valence-electron chi connectivity index (χ2n) is 29.2. The summed E-state index contributed by atoms with van der Waals surface area (Å²) in [5.41, 5.74) is 64.9. The molecule has 1 spiro atoms. The summed E-state index contributed by atoms with van der Waals surface area (Å²) in [6.45, 7) is 5.04. The number of fused-ring (bicyclic) bond motifs is 15. The molecule has 12 rings (SSSR count). The molecular formula is C56H69B30N. The van der Waals surface area contributed by atoms with Gasteiger partial charge < -0.3 is 4.90 Å². The summed E-state index contributed by atoms with van der Waals surface area (Å²) >= 11 is 0. The van der Waals surface area contributed by atoms with Crippen LogP contribution in [0.4, 0.5) is 17.1 Å². The average molecular weight is 1080 g/mol. The van der Waals surface area contributed by atoms with Crippen LogP contribution in [0.5, 0.6) is 0 Å². The molecule has 1 unspecified atom stereocenters. The van der Waals surface area contributed by atoms with Crippen molar-refractivity contribution in [2.45, 2.75) is 24.7 Å². The second kappa shape index (κ2) is 20.2. The van der Waals surface area contributed by atoms with Crippen LogP contribution in [-0.2, 0) is 10.8 Å². The van der Waals surface area contributed by atoms with Crippen LogP contribution in [0.15, 0.2) is 18.2 Å². The highest BCUT2D eigenvalue weighted by Gasteiger charge is 2.57. The third-order valence-corrected chi connectivity index (χ3v) is 25.8. The Morgan fingerprint density at radius 3 is 1.07 bits per heavy atom. The molecule has 87 heavy (non-hydrogen) atoms. The van der Waals surface area contributed by atoms with Crippen molar-refractivity contribution in [3.8, 4) is 44.5 Å². The van der Waals surface area contributed by atoms with Gasteiger partial charge in [0, 0.05) is 28.0 Å². The van der Waals surface area contributed by atoms with Gasteiger partial charge >= 0.3 is 0 Å². The van der Waals surface area contributed by atoms with Crippen LogP contribution >= 0.6 is 0 Å². The zero-order chi connectivity index (χ0) is 64.0. The van der Waals surface area contributed by atoms with E-state index in [1.54, 1.807) is 0 Å². The summed E-state index contributed by atoms with van der Waals surface area (Å²) in [6.07, 6.45) is 0. The molecule has 0 radical (unpaired) electrons. The van der Waals surface area contributed by atoms with E-state index >= 15 is 0 Å². The fraction of sp³-hybridized carbons (Fsp3) is 0.0714. The quantitative estimate of drug-likeness (QED) is 0.159. The zero-order valence-electron chi connectivity index (χ0n) is 59.7. The molecule has 0 aromatic heterocycles. The first kappa shape index (κ1) is 62.2. The van der Waals surface area contributed by atoms with Gasteiger partial charge in [-0.2, -0.15) is 0 Å². The molecule has 0 aliphatic heterocycles. The lowest BCUT2D eigenvalue weighted by atomic mass is 9.55. The molecule has 0 fully saturated rings. The van der Waals surface area contributed by atoms with Gasteiger partial charge in [0.25, 0.3) is 0 Å². The number of rotatable bonds is 4. The standard InChI is InChI=1S/C56H69B30N/c1-55(2)8-5-11(25(59)26(60)13(8)14-22(55)37(71)46(80)41(75)28(14)62)87(54-50(84)35(69)20(36(70)51(54)85)19-33(67)44(78)49(83)45(79)34(19)68)53-12-6-3-9(57)10(58)4-7(6)56(23(12)38(72)48(82)52(53)86)21-15(16-24(56)39(73)47(81)42(76)29(16)63)27(61)31(65)18-17(21)30(64)40(74)43(77)32(18)66/h3-5H,57-86H2,1-2H3. The van der Waals surface area contributed by atoms with E-state index in [2.05, 4.69) is 272 Å². The first-order valence-electron chi connectivity index (χ1n) is 32.7. The van der Waals surface area contributed by atoms with Crippen molar-refractivity contribution in [1.29, 1.82) is 0 Å². The summed E-state index contributed by atoms with van der Waals surface area (Å²) < 4.78 is 0. The molecule has 3 aliphatic rings. The van der Waals surface area contributed by atoms with Crippen molar-refractivity contribution in [2.24, 2.45) is 0 Å². The maximum absolute atomic E-state index is 2.88. The minimum Gasteiger partial charge on any atom is -0.312 e. The van der Waals surface area contributed by atoms with Crippen LogP contribution in [0.1, 0.15) is 47.2 Å². The third-order valence-electron chi connectivity index (χ3n) is 25.8. The van der Waals surface area contributed by atoms with E-state index in [-0.39, 0.29) is 5.41 Å². The van der Waals surface area contributed by atoms with Gasteiger partial charge in [0.15, 0.2) is 0 Å². The van der Waals surface area contributed by atoms with Gasteiger partial charge in [-0.3, -0.25) is 0 Å². The molecule has 3 aliphatic carbocycles. The monoisotopic (exact) mass is 1090 g/mol. The number of hydrogen-bond donors (Lipinski definition) is 0. The van der Waals surface area contributed by atoms with Gasteiger partial charge in [0.1, 0.15) is 235 Å². The maximum Gasteiger partial charge on any atom is 0.141 e. The Kier molecular flexibility index (Phi) is 14.5. The SMILES string of the molecule is Bc1cc2c(cc1B)C1(c3c(B)c(B)c(B)c(B)c3-c3c(B)c(B)c4c(B)c(B)c(B)c(B)c4c31)c1c(B)c(B)c(B)c(N(c3cc4c(c(B)c3B)-c3c(B)c(B)c(B)c(B)c3C4(C)C)c3c(B)c(B)c(-c4c(B)c(B)c(B)c(B)c4B)c(B)c3B)c1-2. The molecule has 388 valence electrons. The third kappa shape index (κ3) is 7.53. The summed E-state index contributed by atoms with van der Waals surface area (Å²) in [5, 5.41) is 2.89. The first-order valence-corrected chi connectivity index (χ1v) is 32.7. The van der Waals surface area contributed by atoms with Crippen molar-refractivity contribution in [3.05, 3.63) is 51.6 Å². The molecule has 9 aromatic carbocycles. The molecule has 0 bridgehead atoms. The molecule has 1 nitrogen and oxygen atoms in total. The molecule has 0 saturated carbocycles. The van der Waals surface area contributed by atoms with Crippen LogP contribution in [0.2, 0.25) is 0 Å². The second-order valence-corrected chi connectivity index (χ2v) is 29.2. The lowest BCUT2D eigenvalue weighted by molar-refractivity contribution is 0.665. The molecule has 9 aromatic rings. The normalized spacial score (nSPS) is 14.7. The molecular weight excluding hydrogens is 1010 g/mol. The van der Waals surface area contributed by atoms with Crippen LogP contribution in [0.25, 0.3) is 55.3 Å². The predicted octanol–water partition coefficient (Wildman–Crippen LogP) is -37.6. The molecule has 0 saturated heterocycles. The van der Waals surface area contributed by atoms with E-state index in [9.17, 15) is 0 Å².